The van der Waals surface area contributed by atoms with Gasteiger partial charge in [-0.05, 0) is 30.2 Å². The van der Waals surface area contributed by atoms with E-state index in [0.717, 1.165) is 9.80 Å². The minimum Gasteiger partial charge on any atom is -0.483 e. The largest absolute Gasteiger partial charge is 0.483 e. The van der Waals surface area contributed by atoms with Gasteiger partial charge in [-0.25, -0.2) is 0 Å². The second-order valence-corrected chi connectivity index (χ2v) is 6.97. The van der Waals surface area contributed by atoms with Gasteiger partial charge in [0.1, 0.15) is 6.61 Å². The number of halogens is 1. The zero-order valence-electron chi connectivity index (χ0n) is 12.9. The molecule has 0 aliphatic rings. The molecule has 120 valence electrons. The number of ether oxygens (including phenoxy) is 1. The molecule has 5 heteroatoms. The van der Waals surface area contributed by atoms with Crippen LogP contribution < -0.4 is 0 Å². The van der Waals surface area contributed by atoms with E-state index in [1.54, 1.807) is 12.1 Å². The van der Waals surface area contributed by atoms with Crippen LogP contribution in [0.5, 0.6) is 0 Å². The van der Waals surface area contributed by atoms with E-state index in [2.05, 4.69) is 0 Å². The van der Waals surface area contributed by atoms with Gasteiger partial charge < -0.3 is 4.74 Å². The highest BCUT2D eigenvalue weighted by Crippen LogP contribution is 2.30. The topological polar surface area (TPSA) is 26.3 Å². The molecule has 0 heterocycles. The van der Waals surface area contributed by atoms with Gasteiger partial charge in [0.15, 0.2) is 5.76 Å². The Labute approximate surface area is 150 Å². The van der Waals surface area contributed by atoms with Crippen LogP contribution in [0.25, 0.3) is 0 Å². The zero-order valence-corrected chi connectivity index (χ0v) is 15.3. The maximum absolute atomic E-state index is 12.8. The molecule has 0 saturated carbocycles. The Balaban J connectivity index is 2.25. The molecular weight excluding hydrogens is 348 g/mol. The summed E-state index contributed by atoms with van der Waals surface area (Å²) in [6.45, 7) is 0.305. The lowest BCUT2D eigenvalue weighted by atomic mass is 10.1. The molecule has 0 N–H and O–H groups in total. The van der Waals surface area contributed by atoms with Crippen LogP contribution in [0.4, 0.5) is 0 Å². The minimum absolute atomic E-state index is 0.105. The summed E-state index contributed by atoms with van der Waals surface area (Å²) < 4.78 is 6.74. The van der Waals surface area contributed by atoms with Crippen molar-refractivity contribution < 1.29 is 9.53 Å². The molecule has 2 rings (SSSR count). The van der Waals surface area contributed by atoms with Crippen LogP contribution in [0.1, 0.15) is 15.9 Å². The summed E-state index contributed by atoms with van der Waals surface area (Å²) in [4.78, 5) is 12.8. The van der Waals surface area contributed by atoms with Crippen molar-refractivity contribution in [1.82, 2.24) is 0 Å². The Bertz CT molecular complexity index is 693. The fourth-order valence-corrected chi connectivity index (χ4v) is 3.54. The van der Waals surface area contributed by atoms with Crippen molar-refractivity contribution in [3.8, 4) is 0 Å². The number of rotatable bonds is 7. The first-order chi connectivity index (χ1) is 11.2. The number of carbonyl (C=O) groups excluding carboxylic acids is 1. The molecule has 0 atom stereocenters. The van der Waals surface area contributed by atoms with Crippen molar-refractivity contribution in [2.75, 3.05) is 12.5 Å². The third kappa shape index (κ3) is 5.06. The molecule has 23 heavy (non-hydrogen) atoms. The van der Waals surface area contributed by atoms with E-state index in [4.69, 9.17) is 16.3 Å². The third-order valence-corrected chi connectivity index (χ3v) is 5.42. The Kier molecular flexibility index (Phi) is 7.09. The maximum atomic E-state index is 12.8. The smallest absolute Gasteiger partial charge is 0.229 e. The van der Waals surface area contributed by atoms with Crippen molar-refractivity contribution >= 4 is 40.9 Å². The van der Waals surface area contributed by atoms with Gasteiger partial charge in [0.2, 0.25) is 5.78 Å². The van der Waals surface area contributed by atoms with Crippen LogP contribution in [0.3, 0.4) is 0 Å². The summed E-state index contributed by atoms with van der Waals surface area (Å²) in [5.41, 5.74) is 1.55. The average molecular weight is 365 g/mol. The summed E-state index contributed by atoms with van der Waals surface area (Å²) in [5.74, 6) is 0.280. The van der Waals surface area contributed by atoms with Gasteiger partial charge in [-0.1, -0.05) is 54.1 Å². The Hall–Kier alpha value is -1.36. The normalized spacial score (nSPS) is 10.2. The molecule has 0 amide bonds. The van der Waals surface area contributed by atoms with Gasteiger partial charge in [0.05, 0.1) is 4.24 Å². The molecule has 0 radical (unpaired) electrons. The first kappa shape index (κ1) is 18.0. The first-order valence-electron chi connectivity index (χ1n) is 6.95. The SMILES string of the molecule is CSC(SC)=C(OCc1cccc(Cl)c1)C(=O)c1ccccc1. The molecular formula is C18H17ClO2S2. The molecule has 2 aromatic rings. The summed E-state index contributed by atoms with van der Waals surface area (Å²) in [7, 11) is 0. The molecule has 0 saturated heterocycles. The predicted molar refractivity (Wildman–Crippen MR) is 101 cm³/mol. The Morgan fingerprint density at radius 1 is 1.04 bits per heavy atom. The van der Waals surface area contributed by atoms with E-state index in [0.29, 0.717) is 23.0 Å². The number of ketones is 1. The van der Waals surface area contributed by atoms with Crippen molar-refractivity contribution in [3.63, 3.8) is 0 Å². The highest BCUT2D eigenvalue weighted by molar-refractivity contribution is 8.21. The highest BCUT2D eigenvalue weighted by Gasteiger charge is 2.19. The summed E-state index contributed by atoms with van der Waals surface area (Å²) in [6.07, 6.45) is 3.87. The molecule has 0 spiro atoms. The van der Waals surface area contributed by atoms with Crippen molar-refractivity contribution in [3.05, 3.63) is 80.7 Å². The van der Waals surface area contributed by atoms with E-state index < -0.39 is 0 Å². The second kappa shape index (κ2) is 9.06. The average Bonchev–Trinajstić information content (AvgIpc) is 2.59. The van der Waals surface area contributed by atoms with Crippen molar-refractivity contribution in [2.24, 2.45) is 0 Å². The predicted octanol–water partition coefficient (Wildman–Crippen LogP) is 5.63. The molecule has 0 bridgehead atoms. The number of hydrogen-bond acceptors (Lipinski definition) is 4. The lowest BCUT2D eigenvalue weighted by Crippen LogP contribution is -2.09. The molecule has 2 nitrogen and oxygen atoms in total. The minimum atomic E-state index is -0.105. The van der Waals surface area contributed by atoms with Crippen LogP contribution >= 0.6 is 35.1 Å². The number of thioether (sulfide) groups is 2. The fourth-order valence-electron chi connectivity index (χ4n) is 1.99. The Morgan fingerprint density at radius 2 is 1.74 bits per heavy atom. The third-order valence-electron chi connectivity index (χ3n) is 3.07. The van der Waals surface area contributed by atoms with E-state index in [-0.39, 0.29) is 5.78 Å². The number of Topliss-reactive ketones (excluding diaryl/α,β-unsaturated/α-hetero) is 1. The lowest BCUT2D eigenvalue weighted by molar-refractivity contribution is 0.0904. The van der Waals surface area contributed by atoms with Gasteiger partial charge in [0, 0.05) is 10.6 Å². The molecule has 0 aromatic heterocycles. The fraction of sp³-hybridized carbons (Fsp3) is 0.167. The summed E-state index contributed by atoms with van der Waals surface area (Å²) in [5, 5.41) is 0.654. The standard InChI is InChI=1S/C18H17ClO2S2/c1-22-18(23-2)17(16(20)14-8-4-3-5-9-14)21-12-13-7-6-10-15(19)11-13/h3-11H,12H2,1-2H3. The monoisotopic (exact) mass is 364 g/mol. The summed E-state index contributed by atoms with van der Waals surface area (Å²) in [6, 6.07) is 16.6. The van der Waals surface area contributed by atoms with Gasteiger partial charge in [-0.3, -0.25) is 4.79 Å². The van der Waals surface area contributed by atoms with Crippen LogP contribution in [0, 0.1) is 0 Å². The first-order valence-corrected chi connectivity index (χ1v) is 9.77. The number of benzene rings is 2. The second-order valence-electron chi connectivity index (χ2n) is 4.64. The molecule has 2 aromatic carbocycles. The van der Waals surface area contributed by atoms with Gasteiger partial charge in [-0.2, -0.15) is 0 Å². The molecule has 0 fully saturated rings. The van der Waals surface area contributed by atoms with Crippen LogP contribution in [-0.4, -0.2) is 18.3 Å². The zero-order chi connectivity index (χ0) is 16.7. The Morgan fingerprint density at radius 3 is 2.35 bits per heavy atom. The highest BCUT2D eigenvalue weighted by atomic mass is 35.5. The number of carbonyl (C=O) groups is 1. The number of hydrogen-bond donors (Lipinski definition) is 0. The van der Waals surface area contributed by atoms with Gasteiger partial charge in [0.25, 0.3) is 0 Å². The van der Waals surface area contributed by atoms with Crippen LogP contribution in [0.2, 0.25) is 5.02 Å². The van der Waals surface area contributed by atoms with E-state index >= 15 is 0 Å². The van der Waals surface area contributed by atoms with Crippen LogP contribution in [0.15, 0.2) is 64.6 Å². The van der Waals surface area contributed by atoms with Crippen molar-refractivity contribution in [2.45, 2.75) is 6.61 Å². The van der Waals surface area contributed by atoms with E-state index in [1.165, 1.54) is 23.5 Å². The summed E-state index contributed by atoms with van der Waals surface area (Å²) >= 11 is 9.01. The van der Waals surface area contributed by atoms with Crippen LogP contribution in [-0.2, 0) is 11.3 Å². The number of allylic oxidation sites excluding steroid dienone is 1. The van der Waals surface area contributed by atoms with E-state index in [9.17, 15) is 4.79 Å². The van der Waals surface area contributed by atoms with Crippen molar-refractivity contribution in [1.29, 1.82) is 0 Å². The molecule has 0 aliphatic heterocycles. The van der Waals surface area contributed by atoms with Gasteiger partial charge >= 0.3 is 0 Å². The molecule has 0 aliphatic carbocycles. The molecule has 0 unspecified atom stereocenters. The maximum Gasteiger partial charge on any atom is 0.229 e. The van der Waals surface area contributed by atoms with Gasteiger partial charge in [-0.15, -0.1) is 23.5 Å². The lowest BCUT2D eigenvalue weighted by Gasteiger charge is -2.13. The quantitative estimate of drug-likeness (QED) is 0.361. The van der Waals surface area contributed by atoms with E-state index in [1.807, 2.05) is 55.0 Å².